The maximum atomic E-state index is 12.1. The summed E-state index contributed by atoms with van der Waals surface area (Å²) in [7, 11) is -3.73. The second-order valence-electron chi connectivity index (χ2n) is 3.47. The lowest BCUT2D eigenvalue weighted by molar-refractivity contribution is 0.603. The molecule has 1 heterocycles. The van der Waals surface area contributed by atoms with Crippen molar-refractivity contribution in [3.05, 3.63) is 44.7 Å². The van der Waals surface area contributed by atoms with Crippen LogP contribution in [0.1, 0.15) is 5.56 Å². The second-order valence-corrected chi connectivity index (χ2v) is 8.01. The summed E-state index contributed by atoms with van der Waals surface area (Å²) in [4.78, 5) is 0. The molecule has 0 spiro atoms. The molecule has 2 aromatic rings. The van der Waals surface area contributed by atoms with Crippen LogP contribution in [0.25, 0.3) is 0 Å². The monoisotopic (exact) mass is 376 g/mol. The van der Waals surface area contributed by atoms with E-state index < -0.39 is 10.0 Å². The van der Waals surface area contributed by atoms with Gasteiger partial charge < -0.3 is 0 Å². The highest BCUT2D eigenvalue weighted by Gasteiger charge is 2.18. The first kappa shape index (κ1) is 14.3. The van der Waals surface area contributed by atoms with Crippen LogP contribution in [0.4, 0.5) is 5.69 Å². The average Bonchev–Trinajstić information content (AvgIpc) is 2.76. The van der Waals surface area contributed by atoms with Crippen molar-refractivity contribution in [2.45, 2.75) is 4.21 Å². The Bertz CT molecular complexity index is 765. The van der Waals surface area contributed by atoms with Gasteiger partial charge >= 0.3 is 0 Å². The van der Waals surface area contributed by atoms with Gasteiger partial charge in [0.1, 0.15) is 10.3 Å². The van der Waals surface area contributed by atoms with E-state index in [0.29, 0.717) is 8.81 Å². The minimum absolute atomic E-state index is 0.0985. The van der Waals surface area contributed by atoms with Gasteiger partial charge in [0.2, 0.25) is 0 Å². The first-order valence-electron chi connectivity index (χ1n) is 4.90. The third kappa shape index (κ3) is 3.28. The average molecular weight is 378 g/mol. The molecule has 0 radical (unpaired) electrons. The van der Waals surface area contributed by atoms with Crippen molar-refractivity contribution in [1.29, 1.82) is 5.26 Å². The lowest BCUT2D eigenvalue weighted by Gasteiger charge is -2.08. The van der Waals surface area contributed by atoms with Crippen LogP contribution < -0.4 is 4.72 Å². The zero-order valence-corrected chi connectivity index (χ0v) is 13.2. The first-order chi connectivity index (χ1) is 8.92. The van der Waals surface area contributed by atoms with Gasteiger partial charge in [0, 0.05) is 4.47 Å². The van der Waals surface area contributed by atoms with Gasteiger partial charge in [-0.25, -0.2) is 8.42 Å². The van der Waals surface area contributed by atoms with Gasteiger partial charge in [-0.2, -0.15) is 5.26 Å². The number of anilines is 1. The number of benzene rings is 1. The molecular weight excluding hydrogens is 372 g/mol. The molecule has 0 aliphatic heterocycles. The Kier molecular flexibility index (Phi) is 4.16. The summed E-state index contributed by atoms with van der Waals surface area (Å²) < 4.78 is 27.8. The molecule has 1 aromatic heterocycles. The molecule has 0 fully saturated rings. The fourth-order valence-corrected chi connectivity index (χ4v) is 4.25. The number of nitriles is 1. The molecule has 4 nitrogen and oxygen atoms in total. The van der Waals surface area contributed by atoms with E-state index in [-0.39, 0.29) is 15.5 Å². The van der Waals surface area contributed by atoms with Crippen molar-refractivity contribution < 1.29 is 8.42 Å². The second kappa shape index (κ2) is 5.51. The lowest BCUT2D eigenvalue weighted by atomic mass is 10.2. The van der Waals surface area contributed by atoms with Crippen molar-refractivity contribution in [1.82, 2.24) is 0 Å². The van der Waals surface area contributed by atoms with E-state index in [1.54, 1.807) is 6.07 Å². The summed E-state index contributed by atoms with van der Waals surface area (Å²) in [6.07, 6.45) is 0. The molecule has 8 heteroatoms. The maximum absolute atomic E-state index is 12.1. The zero-order valence-electron chi connectivity index (χ0n) is 9.22. The standard InChI is InChI=1S/C11H6BrClN2O2S2/c12-8-2-1-7(6-14)9(5-8)15-19(16,17)11-4-3-10(13)18-11/h1-5,15H. The van der Waals surface area contributed by atoms with Gasteiger partial charge in [-0.15, -0.1) is 11.3 Å². The van der Waals surface area contributed by atoms with Crippen LogP contribution in [0, 0.1) is 11.3 Å². The van der Waals surface area contributed by atoms with E-state index in [4.69, 9.17) is 16.9 Å². The smallest absolute Gasteiger partial charge is 0.271 e. The summed E-state index contributed by atoms with van der Waals surface area (Å²) in [5, 5.41) is 8.96. The Morgan fingerprint density at radius 3 is 2.63 bits per heavy atom. The largest absolute Gasteiger partial charge is 0.278 e. The zero-order chi connectivity index (χ0) is 14.0. The fourth-order valence-electron chi connectivity index (χ4n) is 1.34. The summed E-state index contributed by atoms with van der Waals surface area (Å²) in [6.45, 7) is 0. The molecule has 1 aromatic carbocycles. The van der Waals surface area contributed by atoms with E-state index in [1.807, 2.05) is 6.07 Å². The molecule has 0 saturated carbocycles. The Balaban J connectivity index is 2.41. The molecule has 0 aliphatic carbocycles. The highest BCUT2D eigenvalue weighted by atomic mass is 79.9. The summed E-state index contributed by atoms with van der Waals surface area (Å²) in [5.74, 6) is 0. The van der Waals surface area contributed by atoms with Crippen molar-refractivity contribution in [3.63, 3.8) is 0 Å². The predicted molar refractivity (Wildman–Crippen MR) is 79.0 cm³/mol. The van der Waals surface area contributed by atoms with Crippen molar-refractivity contribution in [2.24, 2.45) is 0 Å². The van der Waals surface area contributed by atoms with Gasteiger partial charge in [-0.3, -0.25) is 4.72 Å². The number of nitrogens with one attached hydrogen (secondary N) is 1. The molecule has 19 heavy (non-hydrogen) atoms. The van der Waals surface area contributed by atoms with E-state index in [9.17, 15) is 8.42 Å². The van der Waals surface area contributed by atoms with Gasteiger partial charge in [0.05, 0.1) is 15.6 Å². The maximum Gasteiger partial charge on any atom is 0.271 e. The van der Waals surface area contributed by atoms with Gasteiger partial charge in [0.15, 0.2) is 0 Å². The molecule has 0 amide bonds. The van der Waals surface area contributed by atoms with Crippen LogP contribution in [0.2, 0.25) is 4.34 Å². The van der Waals surface area contributed by atoms with Crippen LogP contribution in [-0.4, -0.2) is 8.42 Å². The summed E-state index contributed by atoms with van der Waals surface area (Å²) in [6, 6.07) is 9.58. The highest BCUT2D eigenvalue weighted by molar-refractivity contribution is 9.10. The van der Waals surface area contributed by atoms with Gasteiger partial charge in [-0.1, -0.05) is 27.5 Å². The van der Waals surface area contributed by atoms with Crippen molar-refractivity contribution >= 4 is 54.6 Å². The number of hydrogen-bond donors (Lipinski definition) is 1. The van der Waals surface area contributed by atoms with Crippen LogP contribution >= 0.6 is 38.9 Å². The number of thiophene rings is 1. The molecule has 0 unspecified atom stereocenters. The Morgan fingerprint density at radius 2 is 2.05 bits per heavy atom. The van der Waals surface area contributed by atoms with Crippen molar-refractivity contribution in [2.75, 3.05) is 4.72 Å². The molecular formula is C11H6BrClN2O2S2. The quantitative estimate of drug-likeness (QED) is 0.883. The topological polar surface area (TPSA) is 70.0 Å². The Morgan fingerprint density at radius 1 is 1.32 bits per heavy atom. The van der Waals surface area contributed by atoms with E-state index in [1.165, 1.54) is 24.3 Å². The number of rotatable bonds is 3. The minimum atomic E-state index is -3.73. The van der Waals surface area contributed by atoms with Crippen LogP contribution in [0.3, 0.4) is 0 Å². The fraction of sp³-hybridized carbons (Fsp3) is 0. The summed E-state index contributed by atoms with van der Waals surface area (Å²) in [5.41, 5.74) is 0.468. The molecule has 2 rings (SSSR count). The molecule has 0 atom stereocenters. The van der Waals surface area contributed by atoms with E-state index in [0.717, 1.165) is 11.3 Å². The predicted octanol–water partition coefficient (Wildman–Crippen LogP) is 3.84. The number of hydrogen-bond acceptors (Lipinski definition) is 4. The SMILES string of the molecule is N#Cc1ccc(Br)cc1NS(=O)(=O)c1ccc(Cl)s1. The molecule has 0 aliphatic rings. The minimum Gasteiger partial charge on any atom is -0.278 e. The number of halogens is 2. The van der Waals surface area contributed by atoms with Crippen molar-refractivity contribution in [3.8, 4) is 6.07 Å². The lowest BCUT2D eigenvalue weighted by Crippen LogP contribution is -2.12. The van der Waals surface area contributed by atoms with E-state index in [2.05, 4.69) is 20.7 Å². The molecule has 0 saturated heterocycles. The third-order valence-electron chi connectivity index (χ3n) is 2.16. The van der Waals surface area contributed by atoms with Crippen LogP contribution in [-0.2, 0) is 10.0 Å². The van der Waals surface area contributed by atoms with Gasteiger partial charge in [-0.05, 0) is 30.3 Å². The number of nitrogens with zero attached hydrogens (tertiary/aromatic N) is 1. The highest BCUT2D eigenvalue weighted by Crippen LogP contribution is 2.29. The first-order valence-corrected chi connectivity index (χ1v) is 8.37. The van der Waals surface area contributed by atoms with Crippen LogP contribution in [0.15, 0.2) is 39.0 Å². The number of sulfonamides is 1. The molecule has 0 bridgehead atoms. The third-order valence-corrected chi connectivity index (χ3v) is 5.74. The Hall–Kier alpha value is -1.07. The van der Waals surface area contributed by atoms with Gasteiger partial charge in [0.25, 0.3) is 10.0 Å². The molecule has 98 valence electrons. The molecule has 1 N–H and O–H groups in total. The Labute approximate surface area is 127 Å². The summed E-state index contributed by atoms with van der Waals surface area (Å²) >= 11 is 9.90. The van der Waals surface area contributed by atoms with Crippen LogP contribution in [0.5, 0.6) is 0 Å². The normalized spacial score (nSPS) is 11.0. The van der Waals surface area contributed by atoms with E-state index >= 15 is 0 Å².